The van der Waals surface area contributed by atoms with Crippen LogP contribution in [0.3, 0.4) is 0 Å². The third-order valence-corrected chi connectivity index (χ3v) is 5.37. The van der Waals surface area contributed by atoms with Gasteiger partial charge in [-0.1, -0.05) is 0 Å². The van der Waals surface area contributed by atoms with Gasteiger partial charge in [0.1, 0.15) is 23.8 Å². The van der Waals surface area contributed by atoms with Crippen molar-refractivity contribution in [3.05, 3.63) is 24.2 Å². The number of carbonyl (C=O) groups is 1. The highest BCUT2D eigenvalue weighted by Gasteiger charge is 2.63. The fourth-order valence-electron chi connectivity index (χ4n) is 2.77. The van der Waals surface area contributed by atoms with Crippen LogP contribution < -0.4 is 0 Å². The number of fused-ring (bicyclic) bond motifs is 1. The molecule has 5 nitrogen and oxygen atoms in total. The fourth-order valence-corrected chi connectivity index (χ4v) is 4.44. The summed E-state index contributed by atoms with van der Waals surface area (Å²) in [5.41, 5.74) is 0. The van der Waals surface area contributed by atoms with E-state index < -0.39 is 18.1 Å². The van der Waals surface area contributed by atoms with Gasteiger partial charge in [0.05, 0.1) is 17.7 Å². The number of nitriles is 1. The normalized spacial score (nSPS) is 33.5. The lowest BCUT2D eigenvalue weighted by Crippen LogP contribution is -2.61. The van der Waals surface area contributed by atoms with Crippen LogP contribution in [-0.2, 0) is 4.79 Å². The maximum absolute atomic E-state index is 12.2. The largest absolute Gasteiger partial charge is 0.467 e. The zero-order valence-corrected chi connectivity index (χ0v) is 11.4. The number of aliphatic hydroxyl groups excluding tert-OH is 1. The van der Waals surface area contributed by atoms with E-state index in [1.54, 1.807) is 28.8 Å². The zero-order chi connectivity index (χ0) is 13.8. The Morgan fingerprint density at radius 2 is 2.37 bits per heavy atom. The highest BCUT2D eigenvalue weighted by molar-refractivity contribution is 8.01. The Bertz CT molecular complexity index is 549. The van der Waals surface area contributed by atoms with E-state index in [1.807, 2.05) is 13.8 Å². The Kier molecular flexibility index (Phi) is 2.66. The van der Waals surface area contributed by atoms with E-state index in [0.717, 1.165) is 0 Å². The molecule has 0 aliphatic carbocycles. The number of rotatable bonds is 2. The van der Waals surface area contributed by atoms with E-state index in [0.29, 0.717) is 5.76 Å². The summed E-state index contributed by atoms with van der Waals surface area (Å²) in [4.78, 5) is 13.8. The minimum absolute atomic E-state index is 0.146. The molecule has 1 unspecified atom stereocenters. The fraction of sp³-hybridized carbons (Fsp3) is 0.538. The predicted molar refractivity (Wildman–Crippen MR) is 68.9 cm³/mol. The quantitative estimate of drug-likeness (QED) is 0.830. The van der Waals surface area contributed by atoms with Crippen LogP contribution in [0.15, 0.2) is 22.8 Å². The number of thioether (sulfide) groups is 1. The van der Waals surface area contributed by atoms with Crippen LogP contribution in [0.5, 0.6) is 0 Å². The van der Waals surface area contributed by atoms with Gasteiger partial charge >= 0.3 is 0 Å². The highest BCUT2D eigenvalue weighted by atomic mass is 32.2. The molecule has 0 radical (unpaired) electrons. The van der Waals surface area contributed by atoms with Gasteiger partial charge < -0.3 is 14.4 Å². The molecule has 0 bridgehead atoms. The predicted octanol–water partition coefficient (Wildman–Crippen LogP) is 1.52. The number of carbonyl (C=O) groups excluding carboxylic acids is 1. The van der Waals surface area contributed by atoms with Crippen LogP contribution in [0.25, 0.3) is 0 Å². The first-order chi connectivity index (χ1) is 8.97. The van der Waals surface area contributed by atoms with Crippen molar-refractivity contribution in [3.63, 3.8) is 0 Å². The van der Waals surface area contributed by atoms with Gasteiger partial charge in [-0.15, -0.1) is 11.8 Å². The van der Waals surface area contributed by atoms with Crippen LogP contribution in [0.2, 0.25) is 0 Å². The van der Waals surface area contributed by atoms with Crippen molar-refractivity contribution in [2.45, 2.75) is 36.1 Å². The second kappa shape index (κ2) is 4.02. The molecule has 0 saturated carbocycles. The monoisotopic (exact) mass is 278 g/mol. The van der Waals surface area contributed by atoms with Gasteiger partial charge in [0.2, 0.25) is 5.91 Å². The molecule has 2 saturated heterocycles. The summed E-state index contributed by atoms with van der Waals surface area (Å²) < 4.78 is 4.85. The summed E-state index contributed by atoms with van der Waals surface area (Å²) in [5, 5.41) is 19.3. The summed E-state index contributed by atoms with van der Waals surface area (Å²) in [6, 6.07) is 5.10. The summed E-state index contributed by atoms with van der Waals surface area (Å²) >= 11 is 1.57. The van der Waals surface area contributed by atoms with Gasteiger partial charge in [0.25, 0.3) is 0 Å². The van der Waals surface area contributed by atoms with E-state index in [4.69, 9.17) is 4.42 Å². The average molecular weight is 278 g/mol. The first-order valence-corrected chi connectivity index (χ1v) is 6.96. The third kappa shape index (κ3) is 1.62. The third-order valence-electron chi connectivity index (χ3n) is 3.78. The molecule has 3 rings (SSSR count). The van der Waals surface area contributed by atoms with Crippen molar-refractivity contribution in [2.75, 3.05) is 0 Å². The van der Waals surface area contributed by atoms with E-state index in [2.05, 4.69) is 6.07 Å². The Balaban J connectivity index is 1.86. The standard InChI is InChI=1S/C13H14N2O3S/c1-13(2)8(6-14)15-11(17)9(12(15)19-13)10(16)7-4-3-5-18-7/h3-5,8-10,12,16H,1-2H3/t8-,9-,10?,12-/m0/s1. The Morgan fingerprint density at radius 1 is 1.63 bits per heavy atom. The van der Waals surface area contributed by atoms with E-state index in [1.165, 1.54) is 6.26 Å². The van der Waals surface area contributed by atoms with Gasteiger partial charge in [0.15, 0.2) is 0 Å². The van der Waals surface area contributed by atoms with Crippen molar-refractivity contribution in [2.24, 2.45) is 5.92 Å². The molecule has 1 amide bonds. The number of hydrogen-bond donors (Lipinski definition) is 1. The molecule has 0 spiro atoms. The van der Waals surface area contributed by atoms with Crippen molar-refractivity contribution < 1.29 is 14.3 Å². The molecule has 4 atom stereocenters. The number of aliphatic hydroxyl groups is 1. The van der Waals surface area contributed by atoms with Gasteiger partial charge in [-0.25, -0.2) is 0 Å². The van der Waals surface area contributed by atoms with Gasteiger partial charge in [-0.05, 0) is 26.0 Å². The van der Waals surface area contributed by atoms with E-state index >= 15 is 0 Å². The Labute approximate surface area is 115 Å². The molecule has 0 aromatic carbocycles. The smallest absolute Gasteiger partial charge is 0.233 e. The summed E-state index contributed by atoms with van der Waals surface area (Å²) in [5.74, 6) is -0.288. The molecular weight excluding hydrogens is 264 g/mol. The minimum Gasteiger partial charge on any atom is -0.467 e. The molecule has 1 aromatic heterocycles. The van der Waals surface area contributed by atoms with Crippen LogP contribution in [0.4, 0.5) is 0 Å². The molecule has 100 valence electrons. The summed E-state index contributed by atoms with van der Waals surface area (Å²) in [6.45, 7) is 3.90. The van der Waals surface area contributed by atoms with Crippen LogP contribution in [-0.4, -0.2) is 32.1 Å². The number of β-lactam (4-membered cyclic amide) rings is 1. The second-order valence-electron chi connectivity index (χ2n) is 5.38. The first kappa shape index (κ1) is 12.6. The van der Waals surface area contributed by atoms with Crippen LogP contribution in [0, 0.1) is 17.2 Å². The molecule has 6 heteroatoms. The molecular formula is C13H14N2O3S. The van der Waals surface area contributed by atoms with Gasteiger partial charge in [0, 0.05) is 4.75 Å². The number of nitrogens with zero attached hydrogens (tertiary/aromatic N) is 2. The van der Waals surface area contributed by atoms with Crippen molar-refractivity contribution in [1.29, 1.82) is 5.26 Å². The van der Waals surface area contributed by atoms with Crippen LogP contribution in [0.1, 0.15) is 25.7 Å². The molecule has 2 fully saturated rings. The SMILES string of the molecule is CC1(C)S[C@H]2[C@@H](C(O)c3ccco3)C(=O)N2[C@H]1C#N. The van der Waals surface area contributed by atoms with E-state index in [9.17, 15) is 15.2 Å². The lowest BCUT2D eigenvalue weighted by molar-refractivity contribution is -0.159. The summed E-state index contributed by atoms with van der Waals surface area (Å²) in [7, 11) is 0. The van der Waals surface area contributed by atoms with Gasteiger partial charge in [-0.2, -0.15) is 5.26 Å². The second-order valence-corrected chi connectivity index (χ2v) is 7.15. The van der Waals surface area contributed by atoms with Crippen LogP contribution >= 0.6 is 11.8 Å². The van der Waals surface area contributed by atoms with Crippen molar-refractivity contribution >= 4 is 17.7 Å². The highest BCUT2D eigenvalue weighted by Crippen LogP contribution is 2.55. The molecule has 1 N–H and O–H groups in total. The number of furan rings is 1. The van der Waals surface area contributed by atoms with E-state index in [-0.39, 0.29) is 16.0 Å². The number of amides is 1. The molecule has 2 aliphatic heterocycles. The Morgan fingerprint density at radius 3 is 2.95 bits per heavy atom. The maximum atomic E-state index is 12.2. The average Bonchev–Trinajstić information content (AvgIpc) is 2.94. The lowest BCUT2D eigenvalue weighted by atomic mass is 9.87. The lowest BCUT2D eigenvalue weighted by Gasteiger charge is -2.44. The number of hydrogen-bond acceptors (Lipinski definition) is 5. The molecule has 2 aliphatic rings. The molecule has 3 heterocycles. The maximum Gasteiger partial charge on any atom is 0.233 e. The van der Waals surface area contributed by atoms with Crippen molar-refractivity contribution in [3.8, 4) is 6.07 Å². The zero-order valence-electron chi connectivity index (χ0n) is 10.6. The molecule has 19 heavy (non-hydrogen) atoms. The van der Waals surface area contributed by atoms with Crippen molar-refractivity contribution in [1.82, 2.24) is 4.90 Å². The first-order valence-electron chi connectivity index (χ1n) is 6.08. The Hall–Kier alpha value is -1.45. The minimum atomic E-state index is -0.940. The van der Waals surface area contributed by atoms with Gasteiger partial charge in [-0.3, -0.25) is 4.79 Å². The topological polar surface area (TPSA) is 77.5 Å². The molecule has 1 aromatic rings. The summed E-state index contributed by atoms with van der Waals surface area (Å²) in [6.07, 6.45) is 0.535.